The van der Waals surface area contributed by atoms with Crippen LogP contribution >= 0.6 is 0 Å². The Morgan fingerprint density at radius 1 is 0.955 bits per heavy atom. The molecule has 0 aliphatic rings. The predicted molar refractivity (Wildman–Crippen MR) is 87.3 cm³/mol. The van der Waals surface area contributed by atoms with Gasteiger partial charge in [0.2, 0.25) is 0 Å². The number of hydrogen-bond donors (Lipinski definition) is 0. The molecule has 0 aliphatic carbocycles. The van der Waals surface area contributed by atoms with Crippen molar-refractivity contribution in [2.45, 2.75) is 73.0 Å². The van der Waals surface area contributed by atoms with E-state index in [9.17, 15) is 9.59 Å². The minimum absolute atomic E-state index is 0.294. The molecule has 4 nitrogen and oxygen atoms in total. The van der Waals surface area contributed by atoms with Crippen LogP contribution < -0.4 is 0 Å². The molecule has 4 heteroatoms. The Hall–Kier alpha value is -1.80. The van der Waals surface area contributed by atoms with Crippen molar-refractivity contribution in [2.75, 3.05) is 0 Å². The van der Waals surface area contributed by atoms with Crippen LogP contribution in [0.2, 0.25) is 0 Å². The van der Waals surface area contributed by atoms with Crippen molar-refractivity contribution < 1.29 is 19.1 Å². The second kappa shape index (κ2) is 8.00. The summed E-state index contributed by atoms with van der Waals surface area (Å²) in [5.41, 5.74) is 2.90. The highest BCUT2D eigenvalue weighted by molar-refractivity contribution is 5.90. The van der Waals surface area contributed by atoms with E-state index in [0.29, 0.717) is 12.0 Å². The van der Waals surface area contributed by atoms with E-state index >= 15 is 0 Å². The molecule has 0 radical (unpaired) electrons. The van der Waals surface area contributed by atoms with Crippen molar-refractivity contribution in [3.8, 4) is 0 Å². The average Bonchev–Trinajstić information content (AvgIpc) is 2.23. The molecule has 0 N–H and O–H groups in total. The van der Waals surface area contributed by atoms with E-state index in [2.05, 4.69) is 5.73 Å². The number of carbonyl (C=O) groups excluding carboxylic acids is 2. The van der Waals surface area contributed by atoms with Crippen molar-refractivity contribution in [3.63, 3.8) is 0 Å². The molecule has 0 atom stereocenters. The number of carbonyl (C=O) groups is 2. The van der Waals surface area contributed by atoms with Gasteiger partial charge in [0.05, 0.1) is 11.6 Å². The van der Waals surface area contributed by atoms with E-state index in [1.54, 1.807) is 41.5 Å². The van der Waals surface area contributed by atoms with Gasteiger partial charge in [-0.05, 0) is 55.4 Å². The normalized spacial score (nSPS) is 11.1. The van der Waals surface area contributed by atoms with Gasteiger partial charge in [0.1, 0.15) is 11.2 Å². The summed E-state index contributed by atoms with van der Waals surface area (Å²) in [5.74, 6) is -1.02. The lowest BCUT2D eigenvalue weighted by atomic mass is 10.1. The molecule has 0 amide bonds. The molecule has 0 saturated carbocycles. The first-order valence-corrected chi connectivity index (χ1v) is 7.35. The molecule has 124 valence electrons. The third-order valence-corrected chi connectivity index (χ3v) is 2.13. The van der Waals surface area contributed by atoms with Crippen LogP contribution in [-0.2, 0) is 19.1 Å². The third kappa shape index (κ3) is 10.9. The molecule has 0 aromatic heterocycles. The highest BCUT2D eigenvalue weighted by Crippen LogP contribution is 2.14. The van der Waals surface area contributed by atoms with Crippen LogP contribution in [0.3, 0.4) is 0 Å². The van der Waals surface area contributed by atoms with Crippen LogP contribution in [0.5, 0.6) is 0 Å². The molecule has 0 aromatic carbocycles. The molecule has 0 fully saturated rings. The summed E-state index contributed by atoms with van der Waals surface area (Å²) in [6.07, 6.45) is 3.38. The molecule has 0 heterocycles. The summed E-state index contributed by atoms with van der Waals surface area (Å²) in [6, 6.07) is 0. The second-order valence-electron chi connectivity index (χ2n) is 7.29. The summed E-state index contributed by atoms with van der Waals surface area (Å²) in [5, 5.41) is 0. The maximum absolute atomic E-state index is 12.1. The zero-order chi connectivity index (χ0) is 17.6. The fourth-order valence-corrected chi connectivity index (χ4v) is 1.32. The van der Waals surface area contributed by atoms with Gasteiger partial charge in [0.15, 0.2) is 0 Å². The predicted octanol–water partition coefficient (Wildman–Crippen LogP) is 4.11. The average molecular weight is 308 g/mol. The Bertz CT molecular complexity index is 500. The molecule has 0 spiro atoms. The summed E-state index contributed by atoms with van der Waals surface area (Å²) in [4.78, 5) is 23.8. The molecule has 0 aliphatic heterocycles. The summed E-state index contributed by atoms with van der Waals surface area (Å²) < 4.78 is 10.5. The van der Waals surface area contributed by atoms with Gasteiger partial charge in [-0.25, -0.2) is 9.59 Å². The first-order chi connectivity index (χ1) is 9.80. The lowest BCUT2D eigenvalue weighted by molar-refractivity contribution is -0.150. The third-order valence-electron chi connectivity index (χ3n) is 2.13. The summed E-state index contributed by atoms with van der Waals surface area (Å²) in [6.45, 7) is 14.6. The van der Waals surface area contributed by atoms with Gasteiger partial charge < -0.3 is 9.47 Å². The number of hydrogen-bond acceptors (Lipinski definition) is 4. The number of ether oxygens (including phenoxy) is 2. The lowest BCUT2D eigenvalue weighted by Crippen LogP contribution is -2.24. The van der Waals surface area contributed by atoms with Crippen LogP contribution in [0, 0.1) is 0 Å². The Morgan fingerprint density at radius 3 is 1.86 bits per heavy atom. The fourth-order valence-electron chi connectivity index (χ4n) is 1.32. The van der Waals surface area contributed by atoms with E-state index in [0.717, 1.165) is 11.6 Å². The van der Waals surface area contributed by atoms with Crippen molar-refractivity contribution in [1.29, 1.82) is 0 Å². The lowest BCUT2D eigenvalue weighted by Gasteiger charge is -2.19. The zero-order valence-corrected chi connectivity index (χ0v) is 15.0. The SMILES string of the molecule is CC(C)=CCC(=C=CC(=O)OC(C)(C)C)C(=O)OC(C)(C)C. The smallest absolute Gasteiger partial charge is 0.342 e. The highest BCUT2D eigenvalue weighted by Gasteiger charge is 2.19. The molecule has 0 rings (SSSR count). The molecule has 0 aromatic rings. The van der Waals surface area contributed by atoms with Crippen molar-refractivity contribution in [3.05, 3.63) is 29.0 Å². The standard InChI is InChI=1S/C18H28O4/c1-13(2)9-10-14(16(20)22-18(6,7)8)11-12-15(19)21-17(3,4)5/h9,12H,10H2,1-8H3. The first-order valence-electron chi connectivity index (χ1n) is 7.35. The molecular weight excluding hydrogens is 280 g/mol. The van der Waals surface area contributed by atoms with E-state index in [4.69, 9.17) is 9.47 Å². The van der Waals surface area contributed by atoms with Gasteiger partial charge in [-0.1, -0.05) is 11.6 Å². The molecule has 0 unspecified atom stereocenters. The molecule has 22 heavy (non-hydrogen) atoms. The number of esters is 2. The quantitative estimate of drug-likeness (QED) is 0.339. The van der Waals surface area contributed by atoms with Gasteiger partial charge in [0, 0.05) is 6.42 Å². The fraction of sp³-hybridized carbons (Fsp3) is 0.611. The zero-order valence-electron chi connectivity index (χ0n) is 15.0. The van der Waals surface area contributed by atoms with Crippen LogP contribution in [0.4, 0.5) is 0 Å². The first kappa shape index (κ1) is 20.2. The Labute approximate surface area is 133 Å². The van der Waals surface area contributed by atoms with Crippen LogP contribution in [0.1, 0.15) is 61.8 Å². The topological polar surface area (TPSA) is 52.6 Å². The van der Waals surface area contributed by atoms with Crippen LogP contribution in [-0.4, -0.2) is 23.1 Å². The minimum Gasteiger partial charge on any atom is -0.456 e. The highest BCUT2D eigenvalue weighted by atomic mass is 16.6. The van der Waals surface area contributed by atoms with Crippen LogP contribution in [0.25, 0.3) is 0 Å². The van der Waals surface area contributed by atoms with E-state index in [-0.39, 0.29) is 0 Å². The van der Waals surface area contributed by atoms with Gasteiger partial charge >= 0.3 is 11.9 Å². The van der Waals surface area contributed by atoms with Gasteiger partial charge in [-0.3, -0.25) is 0 Å². The molecule has 0 saturated heterocycles. The maximum Gasteiger partial charge on any atom is 0.342 e. The monoisotopic (exact) mass is 308 g/mol. The van der Waals surface area contributed by atoms with Crippen molar-refractivity contribution in [2.24, 2.45) is 0 Å². The second-order valence-corrected chi connectivity index (χ2v) is 7.29. The number of rotatable bonds is 4. The van der Waals surface area contributed by atoms with Gasteiger partial charge in [-0.15, -0.1) is 5.73 Å². The maximum atomic E-state index is 12.1. The van der Waals surface area contributed by atoms with E-state index < -0.39 is 23.1 Å². The Morgan fingerprint density at radius 2 is 1.45 bits per heavy atom. The summed E-state index contributed by atoms with van der Waals surface area (Å²) >= 11 is 0. The van der Waals surface area contributed by atoms with E-state index in [1.165, 1.54) is 0 Å². The summed E-state index contributed by atoms with van der Waals surface area (Å²) in [7, 11) is 0. The van der Waals surface area contributed by atoms with Crippen molar-refractivity contribution >= 4 is 11.9 Å². The molecule has 0 bridgehead atoms. The Balaban J connectivity index is 5.30. The largest absolute Gasteiger partial charge is 0.456 e. The van der Waals surface area contributed by atoms with E-state index in [1.807, 2.05) is 19.9 Å². The minimum atomic E-state index is -0.596. The van der Waals surface area contributed by atoms with Gasteiger partial charge in [-0.2, -0.15) is 0 Å². The van der Waals surface area contributed by atoms with Gasteiger partial charge in [0.25, 0.3) is 0 Å². The van der Waals surface area contributed by atoms with Crippen molar-refractivity contribution in [1.82, 2.24) is 0 Å². The van der Waals surface area contributed by atoms with Crippen LogP contribution in [0.15, 0.2) is 29.0 Å². The molecular formula is C18H28O4. The number of allylic oxidation sites excluding steroid dienone is 2. The Kier molecular flexibility index (Phi) is 7.34.